The zero-order valence-corrected chi connectivity index (χ0v) is 17.4. The predicted molar refractivity (Wildman–Crippen MR) is 105 cm³/mol. The third-order valence-corrected chi connectivity index (χ3v) is 8.16. The van der Waals surface area contributed by atoms with E-state index in [1.807, 2.05) is 6.07 Å². The lowest BCUT2D eigenvalue weighted by atomic mass is 9.55. The van der Waals surface area contributed by atoms with Gasteiger partial charge in [-0.2, -0.15) is 13.2 Å². The number of benzene rings is 1. The fourth-order valence-corrected chi connectivity index (χ4v) is 6.43. The predicted octanol–water partition coefficient (Wildman–Crippen LogP) is 5.56. The lowest BCUT2D eigenvalue weighted by Gasteiger charge is -2.48. The minimum atomic E-state index is -4.44. The molecule has 3 nitrogen and oxygen atoms in total. The van der Waals surface area contributed by atoms with Gasteiger partial charge in [0, 0.05) is 11.8 Å². The van der Waals surface area contributed by atoms with Crippen LogP contribution >= 0.6 is 11.8 Å². The van der Waals surface area contributed by atoms with Crippen molar-refractivity contribution in [2.24, 2.45) is 17.3 Å². The number of fused-ring (bicyclic) bond motifs is 5. The van der Waals surface area contributed by atoms with Crippen LogP contribution in [0.3, 0.4) is 0 Å². The molecule has 3 aliphatic rings. The normalized spacial score (nSPS) is 31.1. The van der Waals surface area contributed by atoms with Gasteiger partial charge in [0.15, 0.2) is 5.78 Å². The highest BCUT2D eigenvalue weighted by Gasteiger charge is 2.54. The molecule has 0 heterocycles. The molecule has 0 spiro atoms. The molecule has 2 fully saturated rings. The summed E-state index contributed by atoms with van der Waals surface area (Å²) in [5.74, 6) is 0.536. The van der Waals surface area contributed by atoms with Crippen molar-refractivity contribution < 1.29 is 27.5 Å². The second-order valence-electron chi connectivity index (χ2n) is 8.74. The number of aryl methyl sites for hydroxylation is 1. The lowest BCUT2D eigenvalue weighted by Crippen LogP contribution is -2.42. The van der Waals surface area contributed by atoms with Gasteiger partial charge in [0.05, 0.1) is 18.4 Å². The molecular weight excluding hydrogens is 401 g/mol. The molecule has 0 unspecified atom stereocenters. The maximum Gasteiger partial charge on any atom is 0.442 e. The Kier molecular flexibility index (Phi) is 5.24. The fraction of sp³-hybridized carbons (Fsp3) is 0.636. The highest BCUT2D eigenvalue weighted by atomic mass is 32.2. The first-order valence-corrected chi connectivity index (χ1v) is 11.1. The van der Waals surface area contributed by atoms with Crippen LogP contribution in [-0.4, -0.2) is 29.9 Å². The Morgan fingerprint density at radius 2 is 2.00 bits per heavy atom. The molecule has 0 bridgehead atoms. The van der Waals surface area contributed by atoms with Crippen molar-refractivity contribution in [2.75, 3.05) is 12.9 Å². The van der Waals surface area contributed by atoms with E-state index < -0.39 is 17.0 Å². The van der Waals surface area contributed by atoms with Crippen molar-refractivity contribution in [3.05, 3.63) is 28.8 Å². The number of ketones is 2. The molecule has 1 aromatic carbocycles. The van der Waals surface area contributed by atoms with Crippen LogP contribution in [0.15, 0.2) is 12.1 Å². The molecular formula is C22H25F3O3S. The number of methoxy groups -OCH3 is 1. The second kappa shape index (κ2) is 7.33. The van der Waals surface area contributed by atoms with Gasteiger partial charge in [0.2, 0.25) is 0 Å². The number of Topliss-reactive ketones (excluding diaryl/α,β-unsaturated/α-hetero) is 2. The second-order valence-corrected chi connectivity index (χ2v) is 9.78. The van der Waals surface area contributed by atoms with E-state index in [4.69, 9.17) is 4.74 Å². The molecule has 0 aromatic heterocycles. The van der Waals surface area contributed by atoms with Crippen molar-refractivity contribution in [3.63, 3.8) is 0 Å². The van der Waals surface area contributed by atoms with Crippen molar-refractivity contribution in [2.45, 2.75) is 56.9 Å². The summed E-state index contributed by atoms with van der Waals surface area (Å²) >= 11 is -0.314. The number of carbonyl (C=O) groups excluding carboxylic acids is 2. The molecule has 4 rings (SSSR count). The first-order valence-electron chi connectivity index (χ1n) is 10.1. The first-order chi connectivity index (χ1) is 13.6. The number of rotatable bonds is 4. The first kappa shape index (κ1) is 20.8. The summed E-state index contributed by atoms with van der Waals surface area (Å²) in [5, 5.41) is 0. The van der Waals surface area contributed by atoms with Gasteiger partial charge in [-0.1, -0.05) is 6.92 Å². The molecule has 2 saturated carbocycles. The van der Waals surface area contributed by atoms with Gasteiger partial charge < -0.3 is 4.74 Å². The third-order valence-electron chi connectivity index (χ3n) is 7.42. The number of hydrogen-bond donors (Lipinski definition) is 0. The quantitative estimate of drug-likeness (QED) is 0.592. The topological polar surface area (TPSA) is 43.4 Å². The van der Waals surface area contributed by atoms with Gasteiger partial charge in [-0.25, -0.2) is 0 Å². The molecule has 0 aliphatic heterocycles. The number of hydrogen-bond acceptors (Lipinski definition) is 4. The number of carbonyl (C=O) groups is 2. The Bertz CT molecular complexity index is 850. The minimum absolute atomic E-state index is 0.229. The molecule has 158 valence electrons. The standard InChI is InChI=1S/C22H25F3O3S/c1-21-8-7-13-14(17(21)5-6-20(21)27)4-3-12-9-19(28-2)16(10-15(12)13)18(26)11-29-22(23,24)25/h9-10,13-14,17H,3-8,11H2,1-2H3/t13-,14+,17-,21-/m0/s1. The summed E-state index contributed by atoms with van der Waals surface area (Å²) in [7, 11) is 1.44. The van der Waals surface area contributed by atoms with Crippen molar-refractivity contribution in [1.29, 1.82) is 0 Å². The molecule has 0 saturated heterocycles. The Hall–Kier alpha value is -1.50. The van der Waals surface area contributed by atoms with E-state index >= 15 is 0 Å². The average molecular weight is 427 g/mol. The summed E-state index contributed by atoms with van der Waals surface area (Å²) in [6.07, 6.45) is 5.16. The molecule has 0 N–H and O–H groups in total. The van der Waals surface area contributed by atoms with Gasteiger partial charge >= 0.3 is 5.51 Å². The molecule has 7 heteroatoms. The average Bonchev–Trinajstić information content (AvgIpc) is 2.99. The molecule has 3 aliphatic carbocycles. The van der Waals surface area contributed by atoms with E-state index in [1.54, 1.807) is 6.07 Å². The minimum Gasteiger partial charge on any atom is -0.496 e. The van der Waals surface area contributed by atoms with Crippen LogP contribution in [0, 0.1) is 17.3 Å². The van der Waals surface area contributed by atoms with E-state index in [0.717, 1.165) is 43.2 Å². The third kappa shape index (κ3) is 3.60. The number of ether oxygens (including phenoxy) is 1. The highest BCUT2D eigenvalue weighted by Crippen LogP contribution is 2.59. The summed E-state index contributed by atoms with van der Waals surface area (Å²) in [5.41, 5.74) is -2.24. The van der Waals surface area contributed by atoms with Crippen molar-refractivity contribution in [3.8, 4) is 5.75 Å². The van der Waals surface area contributed by atoms with E-state index in [2.05, 4.69) is 6.92 Å². The molecule has 0 radical (unpaired) electrons. The van der Waals surface area contributed by atoms with Crippen LogP contribution in [0.1, 0.15) is 66.4 Å². The fourth-order valence-electron chi connectivity index (χ4n) is 5.98. The summed E-state index contributed by atoms with van der Waals surface area (Å²) in [4.78, 5) is 25.0. The number of thioether (sulfide) groups is 1. The largest absolute Gasteiger partial charge is 0.496 e. The Morgan fingerprint density at radius 1 is 1.24 bits per heavy atom. The maximum atomic E-state index is 12.6. The van der Waals surface area contributed by atoms with Gasteiger partial charge in [-0.15, -0.1) is 0 Å². The number of alkyl halides is 3. The van der Waals surface area contributed by atoms with Crippen LogP contribution < -0.4 is 4.74 Å². The Balaban J connectivity index is 1.66. The smallest absolute Gasteiger partial charge is 0.442 e. The lowest BCUT2D eigenvalue weighted by molar-refractivity contribution is -0.129. The highest BCUT2D eigenvalue weighted by molar-refractivity contribution is 8.00. The van der Waals surface area contributed by atoms with E-state index in [1.165, 1.54) is 7.11 Å². The van der Waals surface area contributed by atoms with Crippen LogP contribution in [0.5, 0.6) is 5.75 Å². The van der Waals surface area contributed by atoms with Crippen molar-refractivity contribution in [1.82, 2.24) is 0 Å². The monoisotopic (exact) mass is 426 g/mol. The maximum absolute atomic E-state index is 12.6. The van der Waals surface area contributed by atoms with E-state index in [9.17, 15) is 22.8 Å². The Labute approximate surface area is 172 Å². The summed E-state index contributed by atoms with van der Waals surface area (Å²) in [6, 6.07) is 3.62. The molecule has 1 aromatic rings. The Morgan fingerprint density at radius 3 is 2.69 bits per heavy atom. The SMILES string of the molecule is COc1cc2c(cc1C(=O)CSC(F)(F)F)[C@H]1CC[C@]3(C)C(=O)CC[C@H]3[C@@H]1CC2. The van der Waals surface area contributed by atoms with Crippen LogP contribution in [0.4, 0.5) is 13.2 Å². The van der Waals surface area contributed by atoms with Crippen LogP contribution in [0.2, 0.25) is 0 Å². The summed E-state index contributed by atoms with van der Waals surface area (Å²) in [6.45, 7) is 2.11. The van der Waals surface area contributed by atoms with Gasteiger partial charge in [-0.05, 0) is 84.9 Å². The van der Waals surface area contributed by atoms with Gasteiger partial charge in [0.25, 0.3) is 0 Å². The number of halogens is 3. The van der Waals surface area contributed by atoms with E-state index in [0.29, 0.717) is 29.8 Å². The molecule has 29 heavy (non-hydrogen) atoms. The van der Waals surface area contributed by atoms with Crippen LogP contribution in [-0.2, 0) is 11.2 Å². The molecule has 4 atom stereocenters. The summed E-state index contributed by atoms with van der Waals surface area (Å²) < 4.78 is 43.0. The van der Waals surface area contributed by atoms with Crippen LogP contribution in [0.25, 0.3) is 0 Å². The van der Waals surface area contributed by atoms with Gasteiger partial charge in [0.1, 0.15) is 11.5 Å². The zero-order valence-electron chi connectivity index (χ0n) is 16.6. The van der Waals surface area contributed by atoms with Gasteiger partial charge in [-0.3, -0.25) is 9.59 Å². The van der Waals surface area contributed by atoms with Crippen molar-refractivity contribution >= 4 is 23.3 Å². The van der Waals surface area contributed by atoms with E-state index in [-0.39, 0.29) is 28.7 Å². The molecule has 0 amide bonds. The zero-order chi connectivity index (χ0) is 21.0.